The maximum absolute atomic E-state index is 11.9. The first-order valence-corrected chi connectivity index (χ1v) is 14.0. The predicted octanol–water partition coefficient (Wildman–Crippen LogP) is 3.04. The molecule has 5 rings (SSSR count). The fourth-order valence-electron chi connectivity index (χ4n) is 5.13. The van der Waals surface area contributed by atoms with Crippen molar-refractivity contribution in [3.05, 3.63) is 47.4 Å². The number of rotatable bonds is 7. The Kier molecular flexibility index (Phi) is 6.71. The number of benzene rings is 1. The lowest BCUT2D eigenvalue weighted by atomic mass is 9.92. The molecule has 3 aromatic rings. The van der Waals surface area contributed by atoms with Gasteiger partial charge in [0.15, 0.2) is 11.6 Å². The van der Waals surface area contributed by atoms with Gasteiger partial charge < -0.3 is 15.4 Å². The third-order valence-electron chi connectivity index (χ3n) is 7.11. The first-order chi connectivity index (χ1) is 17.2. The fourth-order valence-corrected chi connectivity index (χ4v) is 6.02. The molecular formula is C25H33N7O3S. The van der Waals surface area contributed by atoms with Crippen LogP contribution in [-0.4, -0.2) is 58.5 Å². The molecule has 10 nitrogen and oxygen atoms in total. The quantitative estimate of drug-likeness (QED) is 0.495. The van der Waals surface area contributed by atoms with Gasteiger partial charge in [-0.25, -0.2) is 23.1 Å². The number of nitrogens with zero attached hydrogens (tertiary/aromatic N) is 5. The molecule has 1 saturated carbocycles. The van der Waals surface area contributed by atoms with Crippen molar-refractivity contribution in [2.24, 2.45) is 0 Å². The van der Waals surface area contributed by atoms with Crippen LogP contribution in [0.15, 0.2) is 30.7 Å². The molecule has 2 unspecified atom stereocenters. The molecule has 1 aliphatic carbocycles. The Balaban J connectivity index is 1.32. The Bertz CT molecular complexity index is 1370. The molecule has 1 fully saturated rings. The van der Waals surface area contributed by atoms with Gasteiger partial charge in [0.1, 0.15) is 0 Å². The molecule has 0 spiro atoms. The highest BCUT2D eigenvalue weighted by atomic mass is 32.2. The van der Waals surface area contributed by atoms with Crippen molar-refractivity contribution in [1.82, 2.24) is 29.4 Å². The van der Waals surface area contributed by atoms with Crippen LogP contribution in [0.5, 0.6) is 11.6 Å². The minimum atomic E-state index is -3.22. The molecule has 0 saturated heterocycles. The number of hydrogen-bond donors (Lipinski definition) is 2. The van der Waals surface area contributed by atoms with Gasteiger partial charge in [0.2, 0.25) is 10.0 Å². The average molecular weight is 512 g/mol. The lowest BCUT2D eigenvalue weighted by Gasteiger charge is -2.27. The van der Waals surface area contributed by atoms with E-state index in [2.05, 4.69) is 50.8 Å². The SMILES string of the molecule is CCS(=O)(=O)NC1CCC(n2cc(Oc3nc(-c4cc(C)c5c(c4)CN(C)CC5)cnc3N)cn2)C1. The molecule has 3 N–H and O–H groups in total. The average Bonchev–Trinajstić information content (AvgIpc) is 3.49. The summed E-state index contributed by atoms with van der Waals surface area (Å²) < 4.78 is 34.4. The third-order valence-corrected chi connectivity index (χ3v) is 8.56. The first kappa shape index (κ1) is 24.7. The molecule has 2 atom stereocenters. The van der Waals surface area contributed by atoms with E-state index in [4.69, 9.17) is 10.5 Å². The zero-order valence-electron chi connectivity index (χ0n) is 20.9. The number of hydrogen-bond acceptors (Lipinski definition) is 8. The van der Waals surface area contributed by atoms with Gasteiger partial charge in [0, 0.05) is 24.7 Å². The lowest BCUT2D eigenvalue weighted by Crippen LogP contribution is -2.34. The van der Waals surface area contributed by atoms with Crippen molar-refractivity contribution < 1.29 is 13.2 Å². The van der Waals surface area contributed by atoms with Crippen molar-refractivity contribution in [3.63, 3.8) is 0 Å². The van der Waals surface area contributed by atoms with Crippen molar-refractivity contribution >= 4 is 15.8 Å². The van der Waals surface area contributed by atoms with Crippen LogP contribution in [-0.2, 0) is 23.0 Å². The van der Waals surface area contributed by atoms with E-state index < -0.39 is 10.0 Å². The highest BCUT2D eigenvalue weighted by molar-refractivity contribution is 7.89. The monoisotopic (exact) mass is 511 g/mol. The normalized spacial score (nSPS) is 20.4. The van der Waals surface area contributed by atoms with Crippen molar-refractivity contribution in [2.45, 2.75) is 58.2 Å². The van der Waals surface area contributed by atoms with Crippen LogP contribution in [0, 0.1) is 6.92 Å². The highest BCUT2D eigenvalue weighted by Crippen LogP contribution is 2.33. The van der Waals surface area contributed by atoms with E-state index in [-0.39, 0.29) is 29.5 Å². The van der Waals surface area contributed by atoms with Crippen LogP contribution in [0.4, 0.5) is 5.82 Å². The molecule has 11 heteroatoms. The van der Waals surface area contributed by atoms with Gasteiger partial charge in [0.25, 0.3) is 5.88 Å². The summed E-state index contributed by atoms with van der Waals surface area (Å²) >= 11 is 0. The van der Waals surface area contributed by atoms with Crippen LogP contribution < -0.4 is 15.2 Å². The number of fused-ring (bicyclic) bond motifs is 1. The molecule has 0 radical (unpaired) electrons. The fraction of sp³-hybridized carbons (Fsp3) is 0.480. The molecule has 36 heavy (non-hydrogen) atoms. The molecule has 192 valence electrons. The Morgan fingerprint density at radius 3 is 2.89 bits per heavy atom. The second kappa shape index (κ2) is 9.79. The second-order valence-electron chi connectivity index (χ2n) is 9.81. The summed E-state index contributed by atoms with van der Waals surface area (Å²) in [5, 5.41) is 4.44. The number of aromatic nitrogens is 4. The van der Waals surface area contributed by atoms with E-state index >= 15 is 0 Å². The van der Waals surface area contributed by atoms with Crippen LogP contribution in [0.1, 0.15) is 48.9 Å². The molecule has 3 heterocycles. The molecule has 1 aliphatic heterocycles. The summed E-state index contributed by atoms with van der Waals surface area (Å²) in [5.74, 6) is 1.03. The van der Waals surface area contributed by atoms with Gasteiger partial charge in [-0.1, -0.05) is 0 Å². The predicted molar refractivity (Wildman–Crippen MR) is 138 cm³/mol. The highest BCUT2D eigenvalue weighted by Gasteiger charge is 2.29. The van der Waals surface area contributed by atoms with E-state index in [1.807, 2.05) is 4.68 Å². The zero-order chi connectivity index (χ0) is 25.4. The third kappa shape index (κ3) is 5.23. The molecule has 0 amide bonds. The minimum Gasteiger partial charge on any atom is -0.433 e. The molecule has 0 bridgehead atoms. The maximum atomic E-state index is 11.9. The molecule has 2 aromatic heterocycles. The van der Waals surface area contributed by atoms with Crippen LogP contribution in [0.25, 0.3) is 11.3 Å². The van der Waals surface area contributed by atoms with Gasteiger partial charge in [-0.3, -0.25) is 4.68 Å². The summed E-state index contributed by atoms with van der Waals surface area (Å²) in [6.07, 6.45) is 8.44. The van der Waals surface area contributed by atoms with Gasteiger partial charge in [-0.05, 0) is 75.4 Å². The molecule has 1 aromatic carbocycles. The van der Waals surface area contributed by atoms with Crippen molar-refractivity contribution in [2.75, 3.05) is 25.1 Å². The maximum Gasteiger partial charge on any atom is 0.263 e. The topological polar surface area (TPSA) is 128 Å². The summed E-state index contributed by atoms with van der Waals surface area (Å²) in [7, 11) is -1.09. The number of nitrogens with one attached hydrogen (secondary N) is 1. The second-order valence-corrected chi connectivity index (χ2v) is 11.8. The number of likely N-dealkylation sites (N-methyl/N-ethyl adjacent to an activating group) is 1. The molecule has 2 aliphatic rings. The minimum absolute atomic E-state index is 0.0772. The summed E-state index contributed by atoms with van der Waals surface area (Å²) in [4.78, 5) is 11.3. The summed E-state index contributed by atoms with van der Waals surface area (Å²) in [6.45, 7) is 5.76. The Hall–Kier alpha value is -3.02. The Morgan fingerprint density at radius 1 is 1.25 bits per heavy atom. The standard InChI is InChI=1S/C25H33N7O3S/c1-4-36(33,34)30-19-5-6-20(11-19)32-15-21(12-28-32)35-25-24(26)27-13-23(29-25)17-9-16(2)22-7-8-31(3)14-18(22)10-17/h9-10,12-13,15,19-20,30H,4-8,11,14H2,1-3H3,(H2,26,27). The van der Waals surface area contributed by atoms with Gasteiger partial charge in [-0.15, -0.1) is 0 Å². The number of sulfonamides is 1. The lowest BCUT2D eigenvalue weighted by molar-refractivity contribution is 0.312. The number of ether oxygens (including phenoxy) is 1. The van der Waals surface area contributed by atoms with E-state index in [1.54, 1.807) is 25.5 Å². The summed E-state index contributed by atoms with van der Waals surface area (Å²) in [5.41, 5.74) is 11.8. The number of nitrogens with two attached hydrogens (primary N) is 1. The van der Waals surface area contributed by atoms with E-state index in [0.29, 0.717) is 17.9 Å². The smallest absolute Gasteiger partial charge is 0.263 e. The van der Waals surface area contributed by atoms with E-state index in [9.17, 15) is 8.42 Å². The van der Waals surface area contributed by atoms with Gasteiger partial charge >= 0.3 is 0 Å². The van der Waals surface area contributed by atoms with Gasteiger partial charge in [0.05, 0.1) is 36.1 Å². The summed E-state index contributed by atoms with van der Waals surface area (Å²) in [6, 6.07) is 4.35. The van der Waals surface area contributed by atoms with E-state index in [0.717, 1.165) is 37.9 Å². The number of nitrogen functional groups attached to an aromatic ring is 1. The Morgan fingerprint density at radius 2 is 2.08 bits per heavy atom. The Labute approximate surface area is 211 Å². The van der Waals surface area contributed by atoms with Crippen molar-refractivity contribution in [1.29, 1.82) is 0 Å². The van der Waals surface area contributed by atoms with Crippen molar-refractivity contribution in [3.8, 4) is 22.9 Å². The van der Waals surface area contributed by atoms with Gasteiger partial charge in [-0.2, -0.15) is 5.10 Å². The number of aryl methyl sites for hydroxylation is 1. The van der Waals surface area contributed by atoms with Crippen LogP contribution in [0.3, 0.4) is 0 Å². The largest absolute Gasteiger partial charge is 0.433 e. The number of anilines is 1. The van der Waals surface area contributed by atoms with Crippen LogP contribution >= 0.6 is 0 Å². The zero-order valence-corrected chi connectivity index (χ0v) is 21.8. The first-order valence-electron chi connectivity index (χ1n) is 12.4. The van der Waals surface area contributed by atoms with Crippen LogP contribution in [0.2, 0.25) is 0 Å². The van der Waals surface area contributed by atoms with E-state index in [1.165, 1.54) is 16.7 Å². The molecular weight excluding hydrogens is 478 g/mol.